The van der Waals surface area contributed by atoms with Gasteiger partial charge in [-0.05, 0) is 38.7 Å². The van der Waals surface area contributed by atoms with Crippen molar-refractivity contribution in [3.8, 4) is 6.01 Å². The van der Waals surface area contributed by atoms with Gasteiger partial charge in [-0.3, -0.25) is 0 Å². The second-order valence-electron chi connectivity index (χ2n) is 3.95. The maximum Gasteiger partial charge on any atom is 0.316 e. The largest absolute Gasteiger partial charge is 0.457 e. The van der Waals surface area contributed by atoms with Crippen LogP contribution in [0, 0.1) is 6.92 Å². The lowest BCUT2D eigenvalue weighted by molar-refractivity contribution is 0.00280. The summed E-state index contributed by atoms with van der Waals surface area (Å²) >= 11 is 0. The molecule has 0 unspecified atom stereocenters. The molecule has 3 nitrogen and oxygen atoms in total. The van der Waals surface area contributed by atoms with Gasteiger partial charge in [-0.1, -0.05) is 0 Å². The number of hydrogen-bond acceptors (Lipinski definition) is 3. The van der Waals surface area contributed by atoms with Gasteiger partial charge in [0, 0.05) is 12.4 Å². The van der Waals surface area contributed by atoms with E-state index in [1.807, 2.05) is 6.92 Å². The number of rotatable bonds is 2. The Hall–Kier alpha value is -1.12. The standard InChI is InChI=1S/C10H14N2O/c1-8-6-11-9(12-7-8)13-10(2)4-3-5-10/h6-7H,3-5H2,1-2H3. The highest BCUT2D eigenvalue weighted by atomic mass is 16.5. The van der Waals surface area contributed by atoms with Crippen LogP contribution in [0.5, 0.6) is 6.01 Å². The minimum absolute atomic E-state index is 0.00470. The fraction of sp³-hybridized carbons (Fsp3) is 0.600. The highest BCUT2D eigenvalue weighted by Crippen LogP contribution is 2.34. The Balaban J connectivity index is 2.05. The van der Waals surface area contributed by atoms with Gasteiger partial charge < -0.3 is 4.74 Å². The van der Waals surface area contributed by atoms with Crippen molar-refractivity contribution in [2.75, 3.05) is 0 Å². The molecule has 1 aromatic rings. The molecule has 1 aliphatic carbocycles. The molecule has 1 aliphatic rings. The average molecular weight is 178 g/mol. The van der Waals surface area contributed by atoms with Gasteiger partial charge in [0.25, 0.3) is 0 Å². The Morgan fingerprint density at radius 1 is 1.31 bits per heavy atom. The molecule has 1 saturated carbocycles. The molecule has 1 heterocycles. The predicted octanol–water partition coefficient (Wildman–Crippen LogP) is 2.11. The van der Waals surface area contributed by atoms with Crippen molar-refractivity contribution in [3.05, 3.63) is 18.0 Å². The molecule has 70 valence electrons. The summed E-state index contributed by atoms with van der Waals surface area (Å²) in [6.45, 7) is 4.08. The number of ether oxygens (including phenoxy) is 1. The molecule has 0 atom stereocenters. The molecule has 0 bridgehead atoms. The third kappa shape index (κ3) is 1.79. The van der Waals surface area contributed by atoms with Crippen LogP contribution in [-0.4, -0.2) is 15.6 Å². The summed E-state index contributed by atoms with van der Waals surface area (Å²) in [4.78, 5) is 8.22. The van der Waals surface area contributed by atoms with Gasteiger partial charge in [-0.25, -0.2) is 9.97 Å². The number of nitrogens with zero attached hydrogens (tertiary/aromatic N) is 2. The molecular weight excluding hydrogens is 164 g/mol. The first-order valence-corrected chi connectivity index (χ1v) is 4.66. The van der Waals surface area contributed by atoms with E-state index >= 15 is 0 Å². The van der Waals surface area contributed by atoms with Gasteiger partial charge in [0.15, 0.2) is 0 Å². The zero-order valence-corrected chi connectivity index (χ0v) is 8.08. The third-order valence-electron chi connectivity index (χ3n) is 2.51. The van der Waals surface area contributed by atoms with Crippen LogP contribution in [-0.2, 0) is 0 Å². The van der Waals surface area contributed by atoms with Crippen molar-refractivity contribution in [2.24, 2.45) is 0 Å². The first-order valence-electron chi connectivity index (χ1n) is 4.66. The van der Waals surface area contributed by atoms with E-state index in [0.29, 0.717) is 6.01 Å². The summed E-state index contributed by atoms with van der Waals surface area (Å²) in [5, 5.41) is 0. The van der Waals surface area contributed by atoms with E-state index in [-0.39, 0.29) is 5.60 Å². The summed E-state index contributed by atoms with van der Waals surface area (Å²) in [6, 6.07) is 0.507. The molecule has 0 N–H and O–H groups in total. The van der Waals surface area contributed by atoms with Crippen molar-refractivity contribution in [1.82, 2.24) is 9.97 Å². The van der Waals surface area contributed by atoms with Crippen LogP contribution in [0.1, 0.15) is 31.7 Å². The average Bonchev–Trinajstić information content (AvgIpc) is 2.06. The Morgan fingerprint density at radius 3 is 2.38 bits per heavy atom. The van der Waals surface area contributed by atoms with Gasteiger partial charge in [0.05, 0.1) is 0 Å². The second kappa shape index (κ2) is 2.98. The molecule has 1 aromatic heterocycles. The maximum atomic E-state index is 5.67. The first-order chi connectivity index (χ1) is 6.18. The highest BCUT2D eigenvalue weighted by Gasteiger charge is 2.34. The molecule has 0 aromatic carbocycles. The van der Waals surface area contributed by atoms with E-state index in [0.717, 1.165) is 18.4 Å². The molecule has 0 saturated heterocycles. The molecule has 0 aliphatic heterocycles. The SMILES string of the molecule is Cc1cnc(OC2(C)CCC2)nc1. The van der Waals surface area contributed by atoms with Gasteiger partial charge in [-0.15, -0.1) is 0 Å². The van der Waals surface area contributed by atoms with Gasteiger partial charge in [-0.2, -0.15) is 0 Å². The smallest absolute Gasteiger partial charge is 0.316 e. The van der Waals surface area contributed by atoms with Crippen LogP contribution in [0.25, 0.3) is 0 Å². The van der Waals surface area contributed by atoms with Crippen molar-refractivity contribution in [3.63, 3.8) is 0 Å². The van der Waals surface area contributed by atoms with Crippen LogP contribution in [0.4, 0.5) is 0 Å². The van der Waals surface area contributed by atoms with E-state index in [1.54, 1.807) is 12.4 Å². The summed E-state index contributed by atoms with van der Waals surface area (Å²) < 4.78 is 5.67. The lowest BCUT2D eigenvalue weighted by Crippen LogP contribution is -2.40. The molecular formula is C10H14N2O. The lowest BCUT2D eigenvalue weighted by atomic mass is 9.82. The monoisotopic (exact) mass is 178 g/mol. The van der Waals surface area contributed by atoms with E-state index in [2.05, 4.69) is 16.9 Å². The minimum Gasteiger partial charge on any atom is -0.457 e. The van der Waals surface area contributed by atoms with Crippen molar-refractivity contribution >= 4 is 0 Å². The van der Waals surface area contributed by atoms with Crippen LogP contribution in [0.2, 0.25) is 0 Å². The molecule has 0 radical (unpaired) electrons. The van der Waals surface area contributed by atoms with Gasteiger partial charge in [0.2, 0.25) is 0 Å². The van der Waals surface area contributed by atoms with Crippen LogP contribution >= 0.6 is 0 Å². The molecule has 1 fully saturated rings. The first kappa shape index (κ1) is 8.48. The van der Waals surface area contributed by atoms with Crippen molar-refractivity contribution in [1.29, 1.82) is 0 Å². The summed E-state index contributed by atoms with van der Waals surface area (Å²) in [5.41, 5.74) is 1.06. The molecule has 0 spiro atoms. The molecule has 0 amide bonds. The minimum atomic E-state index is -0.00470. The van der Waals surface area contributed by atoms with E-state index in [1.165, 1.54) is 6.42 Å². The Labute approximate surface area is 78.2 Å². The fourth-order valence-corrected chi connectivity index (χ4v) is 1.43. The highest BCUT2D eigenvalue weighted by molar-refractivity contribution is 5.06. The quantitative estimate of drug-likeness (QED) is 0.695. The Kier molecular flexibility index (Phi) is 1.94. The number of aryl methyl sites for hydroxylation is 1. The molecule has 3 heteroatoms. The van der Waals surface area contributed by atoms with E-state index in [4.69, 9.17) is 4.74 Å². The molecule has 13 heavy (non-hydrogen) atoms. The molecule has 2 rings (SSSR count). The number of aromatic nitrogens is 2. The maximum absolute atomic E-state index is 5.67. The fourth-order valence-electron chi connectivity index (χ4n) is 1.43. The second-order valence-corrected chi connectivity index (χ2v) is 3.95. The number of hydrogen-bond donors (Lipinski definition) is 0. The topological polar surface area (TPSA) is 35.0 Å². The van der Waals surface area contributed by atoms with E-state index < -0.39 is 0 Å². The van der Waals surface area contributed by atoms with Crippen LogP contribution < -0.4 is 4.74 Å². The van der Waals surface area contributed by atoms with Crippen molar-refractivity contribution in [2.45, 2.75) is 38.7 Å². The summed E-state index contributed by atoms with van der Waals surface area (Å²) in [5.74, 6) is 0. The Morgan fingerprint density at radius 2 is 1.92 bits per heavy atom. The normalized spacial score (nSPS) is 19.2. The van der Waals surface area contributed by atoms with Crippen LogP contribution in [0.3, 0.4) is 0 Å². The zero-order valence-electron chi connectivity index (χ0n) is 8.08. The lowest BCUT2D eigenvalue weighted by Gasteiger charge is -2.37. The van der Waals surface area contributed by atoms with Gasteiger partial charge >= 0.3 is 6.01 Å². The van der Waals surface area contributed by atoms with E-state index in [9.17, 15) is 0 Å². The summed E-state index contributed by atoms with van der Waals surface area (Å²) in [6.07, 6.45) is 7.05. The van der Waals surface area contributed by atoms with Crippen LogP contribution in [0.15, 0.2) is 12.4 Å². The van der Waals surface area contributed by atoms with Gasteiger partial charge in [0.1, 0.15) is 5.60 Å². The predicted molar refractivity (Wildman–Crippen MR) is 49.7 cm³/mol. The zero-order chi connectivity index (χ0) is 9.31. The van der Waals surface area contributed by atoms with Crippen molar-refractivity contribution < 1.29 is 4.74 Å². The summed E-state index contributed by atoms with van der Waals surface area (Å²) in [7, 11) is 0. The Bertz CT molecular complexity index is 290. The third-order valence-corrected chi connectivity index (χ3v) is 2.51.